The van der Waals surface area contributed by atoms with Crippen molar-refractivity contribution in [3.8, 4) is 5.75 Å². The van der Waals surface area contributed by atoms with Crippen molar-refractivity contribution in [3.63, 3.8) is 0 Å². The van der Waals surface area contributed by atoms with Gasteiger partial charge in [-0.25, -0.2) is 9.18 Å². The van der Waals surface area contributed by atoms with Crippen LogP contribution in [-0.2, 0) is 26.2 Å². The molecule has 1 N–H and O–H groups in total. The molecule has 1 aliphatic heterocycles. The van der Waals surface area contributed by atoms with Gasteiger partial charge in [-0.15, -0.1) is 0 Å². The van der Waals surface area contributed by atoms with Crippen LogP contribution in [0.2, 0.25) is 0 Å². The Labute approximate surface area is 152 Å². The maximum atomic E-state index is 13.6. The van der Waals surface area contributed by atoms with Crippen LogP contribution in [0, 0.1) is 5.82 Å². The molecule has 2 amide bonds. The standard InChI is InChI=1S/C18H24FN5O2/c1-22(2)18(25)20-10-15-9-16-12-23(6-7-24(16)21-15)11-13-8-14(19)4-5-17(13)26-3/h4-5,8-9H,6-7,10-12H2,1-3H3,(H,20,25). The first-order chi connectivity index (χ1) is 12.5. The fourth-order valence-electron chi connectivity index (χ4n) is 3.04. The number of hydrogen-bond donors (Lipinski definition) is 1. The summed E-state index contributed by atoms with van der Waals surface area (Å²) in [7, 11) is 4.99. The number of urea groups is 1. The predicted molar refractivity (Wildman–Crippen MR) is 95.2 cm³/mol. The number of aromatic nitrogens is 2. The number of methoxy groups -OCH3 is 1. The van der Waals surface area contributed by atoms with E-state index in [4.69, 9.17) is 4.74 Å². The first-order valence-corrected chi connectivity index (χ1v) is 8.52. The average Bonchev–Trinajstić information content (AvgIpc) is 3.02. The number of ether oxygens (including phenoxy) is 1. The van der Waals surface area contributed by atoms with Crippen molar-refractivity contribution in [2.75, 3.05) is 27.7 Å². The lowest BCUT2D eigenvalue weighted by molar-refractivity contribution is 0.202. The van der Waals surface area contributed by atoms with Crippen LogP contribution in [0.15, 0.2) is 24.3 Å². The summed E-state index contributed by atoms with van der Waals surface area (Å²) in [5, 5.41) is 7.36. The van der Waals surface area contributed by atoms with Gasteiger partial charge in [-0.1, -0.05) is 0 Å². The Balaban J connectivity index is 1.65. The maximum Gasteiger partial charge on any atom is 0.317 e. The lowest BCUT2D eigenvalue weighted by Gasteiger charge is -2.28. The molecular weight excluding hydrogens is 337 g/mol. The van der Waals surface area contributed by atoms with Crippen molar-refractivity contribution < 1.29 is 13.9 Å². The van der Waals surface area contributed by atoms with Crippen molar-refractivity contribution in [1.82, 2.24) is 24.9 Å². The summed E-state index contributed by atoms with van der Waals surface area (Å²) in [4.78, 5) is 15.4. The van der Waals surface area contributed by atoms with E-state index in [0.717, 1.165) is 30.0 Å². The van der Waals surface area contributed by atoms with Gasteiger partial charge in [0.15, 0.2) is 0 Å². The number of benzene rings is 1. The van der Waals surface area contributed by atoms with Crippen LogP contribution >= 0.6 is 0 Å². The number of nitrogens with one attached hydrogen (secondary N) is 1. The van der Waals surface area contributed by atoms with Crippen LogP contribution < -0.4 is 10.1 Å². The van der Waals surface area contributed by atoms with Gasteiger partial charge < -0.3 is 15.0 Å². The number of amides is 2. The normalized spacial score (nSPS) is 14.0. The number of halogens is 1. The number of nitrogens with zero attached hydrogens (tertiary/aromatic N) is 4. The number of hydrogen-bond acceptors (Lipinski definition) is 4. The minimum atomic E-state index is -0.262. The van der Waals surface area contributed by atoms with Gasteiger partial charge in [-0.3, -0.25) is 9.58 Å². The molecule has 0 bridgehead atoms. The molecule has 0 saturated heterocycles. The van der Waals surface area contributed by atoms with Gasteiger partial charge in [0, 0.05) is 39.3 Å². The smallest absolute Gasteiger partial charge is 0.317 e. The molecule has 1 aromatic heterocycles. The number of carbonyl (C=O) groups is 1. The van der Waals surface area contributed by atoms with E-state index >= 15 is 0 Å². The molecule has 0 aliphatic carbocycles. The SMILES string of the molecule is COc1ccc(F)cc1CN1CCn2nc(CNC(=O)N(C)C)cc2C1. The molecule has 7 nitrogen and oxygen atoms in total. The van der Waals surface area contributed by atoms with Crippen molar-refractivity contribution >= 4 is 6.03 Å². The van der Waals surface area contributed by atoms with Crippen molar-refractivity contribution in [3.05, 3.63) is 47.0 Å². The highest BCUT2D eigenvalue weighted by atomic mass is 19.1. The molecule has 2 heterocycles. The number of rotatable bonds is 5. The van der Waals surface area contributed by atoms with Gasteiger partial charge in [0.1, 0.15) is 11.6 Å². The Hall–Kier alpha value is -2.61. The van der Waals surface area contributed by atoms with Crippen molar-refractivity contribution in [1.29, 1.82) is 0 Å². The molecule has 26 heavy (non-hydrogen) atoms. The summed E-state index contributed by atoms with van der Waals surface area (Å²) in [6.45, 7) is 3.30. The van der Waals surface area contributed by atoms with E-state index in [2.05, 4.69) is 15.3 Å². The molecule has 0 unspecified atom stereocenters. The van der Waals surface area contributed by atoms with Crippen LogP contribution in [0.1, 0.15) is 17.0 Å². The summed E-state index contributed by atoms with van der Waals surface area (Å²) in [5.74, 6) is 0.430. The molecule has 3 rings (SSSR count). The number of carbonyl (C=O) groups excluding carboxylic acids is 1. The second-order valence-corrected chi connectivity index (χ2v) is 6.57. The molecular formula is C18H24FN5O2. The van der Waals surface area contributed by atoms with E-state index < -0.39 is 0 Å². The Morgan fingerprint density at radius 2 is 2.15 bits per heavy atom. The summed E-state index contributed by atoms with van der Waals surface area (Å²) in [6.07, 6.45) is 0. The van der Waals surface area contributed by atoms with E-state index in [1.54, 1.807) is 27.3 Å². The number of fused-ring (bicyclic) bond motifs is 1. The van der Waals surface area contributed by atoms with E-state index in [0.29, 0.717) is 25.4 Å². The first kappa shape index (κ1) is 18.2. The Morgan fingerprint density at radius 1 is 1.35 bits per heavy atom. The van der Waals surface area contributed by atoms with E-state index in [1.807, 2.05) is 10.7 Å². The molecule has 0 atom stereocenters. The van der Waals surface area contributed by atoms with Crippen LogP contribution in [0.25, 0.3) is 0 Å². The van der Waals surface area contributed by atoms with Gasteiger partial charge in [-0.2, -0.15) is 5.10 Å². The minimum Gasteiger partial charge on any atom is -0.496 e. The van der Waals surface area contributed by atoms with Crippen LogP contribution in [-0.4, -0.2) is 53.4 Å². The molecule has 140 valence electrons. The second-order valence-electron chi connectivity index (χ2n) is 6.57. The summed E-state index contributed by atoms with van der Waals surface area (Å²) in [6, 6.07) is 6.44. The third-order valence-corrected chi connectivity index (χ3v) is 4.39. The molecule has 8 heteroatoms. The van der Waals surface area contributed by atoms with E-state index in [1.165, 1.54) is 17.0 Å². The van der Waals surface area contributed by atoms with Crippen LogP contribution in [0.5, 0.6) is 5.75 Å². The topological polar surface area (TPSA) is 62.6 Å². The van der Waals surface area contributed by atoms with E-state index in [9.17, 15) is 9.18 Å². The van der Waals surface area contributed by atoms with Gasteiger partial charge >= 0.3 is 6.03 Å². The Bertz CT molecular complexity index is 790. The summed E-state index contributed by atoms with van der Waals surface area (Å²) >= 11 is 0. The van der Waals surface area contributed by atoms with Gasteiger partial charge in [-0.05, 0) is 24.3 Å². The highest BCUT2D eigenvalue weighted by Crippen LogP contribution is 2.23. The second kappa shape index (κ2) is 7.74. The lowest BCUT2D eigenvalue weighted by atomic mass is 10.1. The molecule has 0 saturated carbocycles. The minimum absolute atomic E-state index is 0.143. The zero-order valence-electron chi connectivity index (χ0n) is 15.3. The zero-order valence-corrected chi connectivity index (χ0v) is 15.3. The summed E-state index contributed by atoms with van der Waals surface area (Å²) < 4.78 is 20.9. The van der Waals surface area contributed by atoms with Gasteiger partial charge in [0.25, 0.3) is 0 Å². The Kier molecular flexibility index (Phi) is 5.41. The molecule has 0 radical (unpaired) electrons. The molecule has 1 aliphatic rings. The summed E-state index contributed by atoms with van der Waals surface area (Å²) in [5.41, 5.74) is 2.75. The third-order valence-electron chi connectivity index (χ3n) is 4.39. The first-order valence-electron chi connectivity index (χ1n) is 8.52. The van der Waals surface area contributed by atoms with Crippen molar-refractivity contribution in [2.24, 2.45) is 0 Å². The lowest BCUT2D eigenvalue weighted by Crippen LogP contribution is -2.34. The van der Waals surface area contributed by atoms with Gasteiger partial charge in [0.2, 0.25) is 0 Å². The Morgan fingerprint density at radius 3 is 2.88 bits per heavy atom. The fraction of sp³-hybridized carbons (Fsp3) is 0.444. The van der Waals surface area contributed by atoms with Gasteiger partial charge in [0.05, 0.1) is 31.6 Å². The van der Waals surface area contributed by atoms with Crippen LogP contribution in [0.4, 0.5) is 9.18 Å². The maximum absolute atomic E-state index is 13.6. The zero-order chi connectivity index (χ0) is 18.7. The highest BCUT2D eigenvalue weighted by molar-refractivity contribution is 5.73. The molecule has 1 aromatic carbocycles. The monoisotopic (exact) mass is 361 g/mol. The molecule has 0 fully saturated rings. The molecule has 2 aromatic rings. The fourth-order valence-corrected chi connectivity index (χ4v) is 3.04. The molecule has 0 spiro atoms. The largest absolute Gasteiger partial charge is 0.496 e. The highest BCUT2D eigenvalue weighted by Gasteiger charge is 2.20. The third kappa shape index (κ3) is 4.13. The average molecular weight is 361 g/mol. The predicted octanol–water partition coefficient (Wildman–Crippen LogP) is 1.82. The van der Waals surface area contributed by atoms with Crippen molar-refractivity contribution in [2.45, 2.75) is 26.2 Å². The van der Waals surface area contributed by atoms with E-state index in [-0.39, 0.29) is 11.8 Å². The quantitative estimate of drug-likeness (QED) is 0.882. The van der Waals surface area contributed by atoms with Crippen LogP contribution in [0.3, 0.4) is 0 Å².